The van der Waals surface area contributed by atoms with Gasteiger partial charge >= 0.3 is 0 Å². The lowest BCUT2D eigenvalue weighted by Gasteiger charge is -1.99. The number of nitrogens with zero attached hydrogens (tertiary/aromatic N) is 2. The second kappa shape index (κ2) is 5.58. The Labute approximate surface area is 120 Å². The van der Waals surface area contributed by atoms with Crippen LogP contribution in [0.2, 0.25) is 5.02 Å². The maximum Gasteiger partial charge on any atom is 0.238 e. The summed E-state index contributed by atoms with van der Waals surface area (Å²) < 4.78 is 22.4. The van der Waals surface area contributed by atoms with E-state index in [4.69, 9.17) is 16.7 Å². The Bertz CT molecular complexity index is 775. The van der Waals surface area contributed by atoms with Crippen molar-refractivity contribution < 1.29 is 13.5 Å². The van der Waals surface area contributed by atoms with Gasteiger partial charge in [-0.3, -0.25) is 0 Å². The molecule has 0 fully saturated rings. The van der Waals surface area contributed by atoms with E-state index >= 15 is 0 Å². The summed E-state index contributed by atoms with van der Waals surface area (Å²) in [6.07, 6.45) is 0. The molecule has 0 heterocycles. The molecule has 0 atom stereocenters. The van der Waals surface area contributed by atoms with Gasteiger partial charge < -0.3 is 5.11 Å². The van der Waals surface area contributed by atoms with Crippen molar-refractivity contribution in [3.8, 4) is 5.75 Å². The molecule has 8 heteroatoms. The smallest absolute Gasteiger partial charge is 0.238 e. The van der Waals surface area contributed by atoms with Crippen molar-refractivity contribution >= 4 is 33.0 Å². The van der Waals surface area contributed by atoms with Gasteiger partial charge in [0.1, 0.15) is 5.75 Å². The zero-order chi connectivity index (χ0) is 14.8. The molecule has 0 bridgehead atoms. The molecule has 6 nitrogen and oxygen atoms in total. The van der Waals surface area contributed by atoms with Gasteiger partial charge in [-0.25, -0.2) is 13.6 Å². The predicted molar refractivity (Wildman–Crippen MR) is 75.1 cm³/mol. The predicted octanol–water partition coefficient (Wildman–Crippen LogP) is 3.11. The average molecular weight is 312 g/mol. The maximum atomic E-state index is 11.2. The van der Waals surface area contributed by atoms with Crippen LogP contribution in [0.25, 0.3) is 0 Å². The Morgan fingerprint density at radius 1 is 1.05 bits per heavy atom. The van der Waals surface area contributed by atoms with Crippen LogP contribution >= 0.6 is 11.6 Å². The second-order valence-electron chi connectivity index (χ2n) is 3.88. The Hall–Kier alpha value is -1.96. The van der Waals surface area contributed by atoms with Crippen molar-refractivity contribution in [2.75, 3.05) is 0 Å². The third-order valence-corrected chi connectivity index (χ3v) is 3.57. The SMILES string of the molecule is NS(=O)(=O)c1cccc(N=Nc2ccc(O)c(Cl)c2)c1. The molecule has 0 aliphatic heterocycles. The van der Waals surface area contributed by atoms with Crippen molar-refractivity contribution in [1.82, 2.24) is 0 Å². The van der Waals surface area contributed by atoms with Crippen molar-refractivity contribution in [3.63, 3.8) is 0 Å². The monoisotopic (exact) mass is 311 g/mol. The second-order valence-corrected chi connectivity index (χ2v) is 5.85. The molecular formula is C12H10ClN3O3S. The zero-order valence-electron chi connectivity index (χ0n) is 10.1. The Morgan fingerprint density at radius 2 is 1.70 bits per heavy atom. The molecule has 2 rings (SSSR count). The Kier molecular flexibility index (Phi) is 4.03. The number of rotatable bonds is 3. The van der Waals surface area contributed by atoms with Crippen LogP contribution in [0.5, 0.6) is 5.75 Å². The highest BCUT2D eigenvalue weighted by atomic mass is 35.5. The molecule has 104 valence electrons. The first kappa shape index (κ1) is 14.4. The topological polar surface area (TPSA) is 105 Å². The highest BCUT2D eigenvalue weighted by molar-refractivity contribution is 7.89. The molecule has 2 aromatic carbocycles. The van der Waals surface area contributed by atoms with Crippen LogP contribution in [-0.2, 0) is 10.0 Å². The molecule has 0 unspecified atom stereocenters. The van der Waals surface area contributed by atoms with Crippen LogP contribution in [0.4, 0.5) is 11.4 Å². The van der Waals surface area contributed by atoms with Gasteiger partial charge in [0.15, 0.2) is 0 Å². The summed E-state index contributed by atoms with van der Waals surface area (Å²) in [6, 6.07) is 10.1. The van der Waals surface area contributed by atoms with E-state index in [0.29, 0.717) is 11.4 Å². The van der Waals surface area contributed by atoms with Gasteiger partial charge in [-0.05, 0) is 36.4 Å². The standard InChI is InChI=1S/C12H10ClN3O3S/c13-11-7-9(4-5-12(11)17)16-15-8-2-1-3-10(6-8)20(14,18)19/h1-7,17H,(H2,14,18,19). The van der Waals surface area contributed by atoms with Crippen molar-refractivity contribution in [3.05, 3.63) is 47.5 Å². The summed E-state index contributed by atoms with van der Waals surface area (Å²) in [5, 5.41) is 22.2. The van der Waals surface area contributed by atoms with Gasteiger partial charge in [-0.15, -0.1) is 0 Å². The molecule has 0 aromatic heterocycles. The Morgan fingerprint density at radius 3 is 2.30 bits per heavy atom. The van der Waals surface area contributed by atoms with Crippen LogP contribution in [0.1, 0.15) is 0 Å². The normalized spacial score (nSPS) is 11.9. The summed E-state index contributed by atoms with van der Waals surface area (Å²) in [5.74, 6) is -0.0539. The van der Waals surface area contributed by atoms with E-state index in [1.54, 1.807) is 6.07 Å². The third kappa shape index (κ3) is 3.53. The Balaban J connectivity index is 2.30. The van der Waals surface area contributed by atoms with E-state index in [2.05, 4.69) is 10.2 Å². The van der Waals surface area contributed by atoms with Gasteiger partial charge in [0.2, 0.25) is 10.0 Å². The van der Waals surface area contributed by atoms with Gasteiger partial charge in [-0.2, -0.15) is 10.2 Å². The number of hydrogen-bond acceptors (Lipinski definition) is 5. The van der Waals surface area contributed by atoms with Crippen molar-refractivity contribution in [1.29, 1.82) is 0 Å². The molecule has 0 aliphatic carbocycles. The van der Waals surface area contributed by atoms with E-state index < -0.39 is 10.0 Å². The molecule has 0 spiro atoms. The van der Waals surface area contributed by atoms with Gasteiger partial charge in [0.05, 0.1) is 21.3 Å². The van der Waals surface area contributed by atoms with Gasteiger partial charge in [-0.1, -0.05) is 17.7 Å². The maximum absolute atomic E-state index is 11.2. The lowest BCUT2D eigenvalue weighted by Crippen LogP contribution is -2.11. The number of halogens is 1. The summed E-state index contributed by atoms with van der Waals surface area (Å²) in [4.78, 5) is -0.0438. The first-order valence-electron chi connectivity index (χ1n) is 5.39. The van der Waals surface area contributed by atoms with Crippen molar-refractivity contribution in [2.24, 2.45) is 15.4 Å². The van der Waals surface area contributed by atoms with Crippen LogP contribution in [0.15, 0.2) is 57.6 Å². The van der Waals surface area contributed by atoms with Crippen LogP contribution in [0, 0.1) is 0 Å². The number of sulfonamides is 1. The molecule has 2 aromatic rings. The molecule has 20 heavy (non-hydrogen) atoms. The minimum atomic E-state index is -3.78. The van der Waals surface area contributed by atoms with E-state index in [1.807, 2.05) is 0 Å². The fourth-order valence-electron chi connectivity index (χ4n) is 1.40. The largest absolute Gasteiger partial charge is 0.506 e. The molecule has 0 saturated carbocycles. The molecule has 0 aliphatic rings. The number of phenolic OH excluding ortho intramolecular Hbond substituents is 1. The number of nitrogens with two attached hydrogens (primary N) is 1. The molecule has 0 amide bonds. The highest BCUT2D eigenvalue weighted by Gasteiger charge is 2.07. The molecular weight excluding hydrogens is 302 g/mol. The minimum Gasteiger partial charge on any atom is -0.506 e. The average Bonchev–Trinajstić information content (AvgIpc) is 2.39. The number of azo groups is 1. The van der Waals surface area contributed by atoms with E-state index in [9.17, 15) is 13.5 Å². The van der Waals surface area contributed by atoms with Crippen LogP contribution in [-0.4, -0.2) is 13.5 Å². The van der Waals surface area contributed by atoms with Crippen LogP contribution < -0.4 is 5.14 Å². The highest BCUT2D eigenvalue weighted by Crippen LogP contribution is 2.28. The molecule has 0 radical (unpaired) electrons. The van der Waals surface area contributed by atoms with E-state index in [0.717, 1.165) is 0 Å². The van der Waals surface area contributed by atoms with Gasteiger partial charge in [0, 0.05) is 0 Å². The summed E-state index contributed by atoms with van der Waals surface area (Å²) in [7, 11) is -3.78. The molecule has 0 saturated heterocycles. The number of phenols is 1. The fourth-order valence-corrected chi connectivity index (χ4v) is 2.12. The first-order valence-corrected chi connectivity index (χ1v) is 7.32. The van der Waals surface area contributed by atoms with Gasteiger partial charge in [0.25, 0.3) is 0 Å². The first-order chi connectivity index (χ1) is 9.36. The lowest BCUT2D eigenvalue weighted by atomic mass is 10.3. The number of benzene rings is 2. The summed E-state index contributed by atoms with van der Waals surface area (Å²) in [6.45, 7) is 0. The lowest BCUT2D eigenvalue weighted by molar-refractivity contribution is 0.475. The number of primary sulfonamides is 1. The summed E-state index contributed by atoms with van der Waals surface area (Å²) in [5.41, 5.74) is 0.759. The van der Waals surface area contributed by atoms with E-state index in [-0.39, 0.29) is 15.7 Å². The molecule has 3 N–H and O–H groups in total. The zero-order valence-corrected chi connectivity index (χ0v) is 11.6. The van der Waals surface area contributed by atoms with Crippen molar-refractivity contribution in [2.45, 2.75) is 4.90 Å². The minimum absolute atomic E-state index is 0.0438. The number of hydrogen-bond donors (Lipinski definition) is 2. The summed E-state index contributed by atoms with van der Waals surface area (Å²) >= 11 is 5.73. The van der Waals surface area contributed by atoms with Crippen LogP contribution in [0.3, 0.4) is 0 Å². The fraction of sp³-hybridized carbons (Fsp3) is 0. The third-order valence-electron chi connectivity index (χ3n) is 2.36. The quantitative estimate of drug-likeness (QED) is 0.850. The van der Waals surface area contributed by atoms with E-state index in [1.165, 1.54) is 36.4 Å². The number of aromatic hydroxyl groups is 1.